The molecule has 3 aromatic carbocycles. The quantitative estimate of drug-likeness (QED) is 0.341. The highest BCUT2D eigenvalue weighted by molar-refractivity contribution is 7.89. The normalized spacial score (nSPS) is 11.3. The fraction of sp³-hybridized carbons (Fsp3) is 0.174. The number of halogens is 1. The van der Waals surface area contributed by atoms with E-state index in [0.717, 1.165) is 4.31 Å². The maximum Gasteiger partial charge on any atom is 0.274 e. The number of hydrogen-bond acceptors (Lipinski definition) is 6. The number of amides is 1. The third-order valence-corrected chi connectivity index (χ3v) is 7.09. The number of methoxy groups -OCH3 is 1. The van der Waals surface area contributed by atoms with Crippen molar-refractivity contribution in [2.24, 2.45) is 0 Å². The molecule has 0 saturated heterocycles. The molecule has 0 atom stereocenters. The van der Waals surface area contributed by atoms with E-state index in [4.69, 9.17) is 16.3 Å². The van der Waals surface area contributed by atoms with Gasteiger partial charge in [-0.05, 0) is 36.8 Å². The number of carbonyl (C=O) groups is 1. The first-order valence-electron chi connectivity index (χ1n) is 10.0. The minimum absolute atomic E-state index is 0.0809. The summed E-state index contributed by atoms with van der Waals surface area (Å²) in [5.74, 6) is -0.582. The number of nitrogens with zero attached hydrogens (tertiary/aromatic N) is 2. The molecule has 0 saturated carbocycles. The summed E-state index contributed by atoms with van der Waals surface area (Å²) in [6.45, 7) is 0.859. The van der Waals surface area contributed by atoms with Crippen molar-refractivity contribution in [2.75, 3.05) is 19.0 Å². The van der Waals surface area contributed by atoms with Crippen LogP contribution in [0.3, 0.4) is 0 Å². The molecule has 178 valence electrons. The third-order valence-electron chi connectivity index (χ3n) is 5.04. The summed E-state index contributed by atoms with van der Waals surface area (Å²) in [6.07, 6.45) is 0. The van der Waals surface area contributed by atoms with Crippen LogP contribution in [-0.4, -0.2) is 37.2 Å². The number of nitrogens with one attached hydrogen (secondary N) is 1. The summed E-state index contributed by atoms with van der Waals surface area (Å²) in [5.41, 5.74) is 0.980. The first-order valence-corrected chi connectivity index (χ1v) is 11.9. The van der Waals surface area contributed by atoms with Crippen LogP contribution in [-0.2, 0) is 21.4 Å². The predicted octanol–water partition coefficient (Wildman–Crippen LogP) is 4.39. The molecule has 0 radical (unpaired) electrons. The fourth-order valence-corrected chi connectivity index (χ4v) is 5.11. The molecule has 3 aromatic rings. The largest absolute Gasteiger partial charge is 0.495 e. The van der Waals surface area contributed by atoms with Gasteiger partial charge in [-0.2, -0.15) is 4.31 Å². The molecule has 3 rings (SSSR count). The van der Waals surface area contributed by atoms with Gasteiger partial charge in [-0.25, -0.2) is 8.42 Å². The van der Waals surface area contributed by atoms with Gasteiger partial charge in [0.05, 0.1) is 29.8 Å². The highest BCUT2D eigenvalue weighted by Crippen LogP contribution is 2.31. The molecule has 34 heavy (non-hydrogen) atoms. The summed E-state index contributed by atoms with van der Waals surface area (Å²) in [5, 5.41) is 14.0. The van der Waals surface area contributed by atoms with E-state index in [0.29, 0.717) is 5.56 Å². The van der Waals surface area contributed by atoms with Gasteiger partial charge < -0.3 is 10.1 Å². The molecule has 0 bridgehead atoms. The van der Waals surface area contributed by atoms with Crippen molar-refractivity contribution in [3.05, 3.63) is 93.0 Å². The minimum atomic E-state index is -4.23. The number of carbonyl (C=O) groups excluding carboxylic acids is 1. The van der Waals surface area contributed by atoms with Crippen LogP contribution >= 0.6 is 11.6 Å². The highest BCUT2D eigenvalue weighted by Gasteiger charge is 2.30. The second kappa shape index (κ2) is 10.6. The summed E-state index contributed by atoms with van der Waals surface area (Å²) < 4.78 is 33.4. The van der Waals surface area contributed by atoms with Crippen molar-refractivity contribution in [3.8, 4) is 5.75 Å². The van der Waals surface area contributed by atoms with Crippen LogP contribution in [0.4, 0.5) is 11.4 Å². The minimum Gasteiger partial charge on any atom is -0.495 e. The number of hydrogen-bond donors (Lipinski definition) is 1. The van der Waals surface area contributed by atoms with Crippen molar-refractivity contribution >= 4 is 38.9 Å². The Labute approximate surface area is 202 Å². The maximum atomic E-state index is 13.6. The third kappa shape index (κ3) is 5.71. The summed E-state index contributed by atoms with van der Waals surface area (Å²) >= 11 is 6.04. The molecular weight excluding hydrogens is 482 g/mol. The lowest BCUT2D eigenvalue weighted by atomic mass is 10.1. The number of rotatable bonds is 9. The molecule has 11 heteroatoms. The number of nitro groups is 1. The summed E-state index contributed by atoms with van der Waals surface area (Å²) in [7, 11) is -2.89. The molecule has 0 aliphatic heterocycles. The van der Waals surface area contributed by atoms with Crippen molar-refractivity contribution in [1.82, 2.24) is 4.31 Å². The average molecular weight is 504 g/mol. The van der Waals surface area contributed by atoms with Crippen molar-refractivity contribution in [2.45, 2.75) is 18.4 Å². The van der Waals surface area contributed by atoms with Crippen LogP contribution in [0.2, 0.25) is 5.02 Å². The molecule has 0 heterocycles. The zero-order valence-electron chi connectivity index (χ0n) is 18.4. The first kappa shape index (κ1) is 25.2. The second-order valence-corrected chi connectivity index (χ2v) is 9.65. The monoisotopic (exact) mass is 503 g/mol. The lowest BCUT2D eigenvalue weighted by molar-refractivity contribution is -0.385. The summed E-state index contributed by atoms with van der Waals surface area (Å²) in [6, 6.07) is 17.2. The average Bonchev–Trinajstić information content (AvgIpc) is 2.80. The number of benzene rings is 3. The Morgan fingerprint density at radius 1 is 1.12 bits per heavy atom. The Hall–Kier alpha value is -3.47. The lowest BCUT2D eigenvalue weighted by Gasteiger charge is -2.23. The molecule has 0 spiro atoms. The highest BCUT2D eigenvalue weighted by atomic mass is 35.5. The molecule has 1 amide bonds. The maximum absolute atomic E-state index is 13.6. The van der Waals surface area contributed by atoms with Gasteiger partial charge >= 0.3 is 0 Å². The van der Waals surface area contributed by atoms with Crippen molar-refractivity contribution in [3.63, 3.8) is 0 Å². The Balaban J connectivity index is 1.96. The van der Waals surface area contributed by atoms with Crippen LogP contribution in [0.5, 0.6) is 5.75 Å². The van der Waals surface area contributed by atoms with Gasteiger partial charge in [-0.1, -0.05) is 48.0 Å². The van der Waals surface area contributed by atoms with E-state index in [1.54, 1.807) is 30.3 Å². The molecule has 0 aromatic heterocycles. The van der Waals surface area contributed by atoms with Gasteiger partial charge in [0, 0.05) is 17.6 Å². The Morgan fingerprint density at radius 3 is 2.47 bits per heavy atom. The topological polar surface area (TPSA) is 119 Å². The zero-order chi connectivity index (χ0) is 24.9. The molecule has 0 aliphatic carbocycles. The Morgan fingerprint density at radius 2 is 1.82 bits per heavy atom. The number of anilines is 1. The van der Waals surface area contributed by atoms with Gasteiger partial charge in [0.1, 0.15) is 10.6 Å². The van der Waals surface area contributed by atoms with Crippen molar-refractivity contribution < 1.29 is 22.9 Å². The van der Waals surface area contributed by atoms with Gasteiger partial charge in [0.15, 0.2) is 0 Å². The van der Waals surface area contributed by atoms with E-state index >= 15 is 0 Å². The number of ether oxygens (including phenoxy) is 1. The molecule has 1 N–H and O–H groups in total. The van der Waals surface area contributed by atoms with E-state index in [1.165, 1.54) is 50.4 Å². The van der Waals surface area contributed by atoms with E-state index < -0.39 is 27.4 Å². The lowest BCUT2D eigenvalue weighted by Crippen LogP contribution is -2.37. The van der Waals surface area contributed by atoms with Crippen molar-refractivity contribution in [1.29, 1.82) is 0 Å². The van der Waals surface area contributed by atoms with Gasteiger partial charge in [-0.3, -0.25) is 14.9 Å². The van der Waals surface area contributed by atoms with Crippen LogP contribution in [0, 0.1) is 17.0 Å². The first-order chi connectivity index (χ1) is 16.1. The van der Waals surface area contributed by atoms with Gasteiger partial charge in [0.25, 0.3) is 5.69 Å². The van der Waals surface area contributed by atoms with Crippen LogP contribution < -0.4 is 10.1 Å². The predicted molar refractivity (Wildman–Crippen MR) is 129 cm³/mol. The van der Waals surface area contributed by atoms with E-state index in [-0.39, 0.29) is 39.2 Å². The molecule has 0 fully saturated rings. The molecule has 0 aliphatic rings. The van der Waals surface area contributed by atoms with Gasteiger partial charge in [0.2, 0.25) is 15.9 Å². The Bertz CT molecular complexity index is 1320. The van der Waals surface area contributed by atoms with Gasteiger partial charge in [-0.15, -0.1) is 0 Å². The van der Waals surface area contributed by atoms with E-state index in [1.807, 2.05) is 0 Å². The molecule has 0 unspecified atom stereocenters. The second-order valence-electron chi connectivity index (χ2n) is 7.31. The smallest absolute Gasteiger partial charge is 0.274 e. The number of nitro benzene ring substituents is 1. The van der Waals surface area contributed by atoms with E-state index in [2.05, 4.69) is 5.32 Å². The van der Waals surface area contributed by atoms with Crippen LogP contribution in [0.1, 0.15) is 11.1 Å². The SMILES string of the molecule is COc1ccc(Cl)cc1S(=O)(=O)N(CC(=O)Nc1cccc([N+](=O)[O-])c1C)Cc1ccccc1. The van der Waals surface area contributed by atoms with Crippen LogP contribution in [0.15, 0.2) is 71.6 Å². The summed E-state index contributed by atoms with van der Waals surface area (Å²) in [4.78, 5) is 23.4. The fourth-order valence-electron chi connectivity index (χ4n) is 3.31. The zero-order valence-corrected chi connectivity index (χ0v) is 20.0. The van der Waals surface area contributed by atoms with E-state index in [9.17, 15) is 23.3 Å². The number of sulfonamides is 1. The standard InChI is InChI=1S/C23H22ClN3O6S/c1-16-19(9-6-10-20(16)27(29)30)25-23(28)15-26(14-17-7-4-3-5-8-17)34(31,32)22-13-18(24)11-12-21(22)33-2/h3-13H,14-15H2,1-2H3,(H,25,28). The van der Waals surface area contributed by atoms with Crippen LogP contribution in [0.25, 0.3) is 0 Å². The Kier molecular flexibility index (Phi) is 7.87. The molecular formula is C23H22ClN3O6S. The molecule has 9 nitrogen and oxygen atoms in total.